The van der Waals surface area contributed by atoms with Crippen molar-refractivity contribution >= 4 is 12.2 Å². The van der Waals surface area contributed by atoms with Gasteiger partial charge in [0, 0.05) is 18.2 Å². The minimum Gasteiger partial charge on any atom is -0.504 e. The van der Waals surface area contributed by atoms with Gasteiger partial charge >= 0.3 is 6.09 Å². The zero-order chi connectivity index (χ0) is 18.1. The molecule has 0 unspecified atom stereocenters. The molecule has 128 valence electrons. The molecule has 25 heavy (non-hydrogen) atoms. The molecule has 0 saturated heterocycles. The number of aromatic hydroxyl groups is 1. The van der Waals surface area contributed by atoms with Gasteiger partial charge in [-0.2, -0.15) is 5.26 Å². The number of hydrogen-bond donors (Lipinski definition) is 2. The molecule has 2 aromatic rings. The smallest absolute Gasteiger partial charge is 0.407 e. The Hall–Kier alpha value is -3.46. The van der Waals surface area contributed by atoms with Gasteiger partial charge in [-0.25, -0.2) is 4.79 Å². The van der Waals surface area contributed by atoms with E-state index in [2.05, 4.69) is 5.32 Å². The Balaban J connectivity index is 1.87. The molecule has 0 aliphatic carbocycles. The number of alkyl carbamates (subject to hydrolysis) is 1. The van der Waals surface area contributed by atoms with E-state index in [0.717, 1.165) is 5.56 Å². The van der Waals surface area contributed by atoms with Crippen LogP contribution in [0, 0.1) is 11.3 Å². The fraction of sp³-hybridized carbons (Fsp3) is 0.158. The van der Waals surface area contributed by atoms with E-state index in [-0.39, 0.29) is 24.7 Å². The van der Waals surface area contributed by atoms with Crippen molar-refractivity contribution in [2.24, 2.45) is 0 Å². The van der Waals surface area contributed by atoms with Crippen molar-refractivity contribution in [3.63, 3.8) is 0 Å². The van der Waals surface area contributed by atoms with Crippen molar-refractivity contribution < 1.29 is 19.4 Å². The van der Waals surface area contributed by atoms with Crippen LogP contribution in [0.2, 0.25) is 0 Å². The number of hydrogen-bond acceptors (Lipinski definition) is 5. The number of carbonyl (C=O) groups excluding carboxylic acids is 1. The Labute approximate surface area is 145 Å². The average molecular weight is 338 g/mol. The maximum absolute atomic E-state index is 11.6. The number of nitrogens with one attached hydrogen (secondary N) is 1. The van der Waals surface area contributed by atoms with Crippen LogP contribution < -0.4 is 10.1 Å². The van der Waals surface area contributed by atoms with Crippen LogP contribution >= 0.6 is 0 Å². The van der Waals surface area contributed by atoms with Crippen molar-refractivity contribution in [2.75, 3.05) is 13.7 Å². The predicted octanol–water partition coefficient (Wildman–Crippen LogP) is 3.21. The lowest BCUT2D eigenvalue weighted by molar-refractivity contribution is 0.141. The van der Waals surface area contributed by atoms with Crippen LogP contribution in [0.15, 0.2) is 48.5 Å². The Morgan fingerprint density at radius 3 is 2.76 bits per heavy atom. The fourth-order valence-corrected chi connectivity index (χ4v) is 2.08. The van der Waals surface area contributed by atoms with Gasteiger partial charge in [-0.3, -0.25) is 0 Å². The van der Waals surface area contributed by atoms with E-state index in [9.17, 15) is 9.90 Å². The van der Waals surface area contributed by atoms with E-state index in [1.54, 1.807) is 12.2 Å². The minimum atomic E-state index is -0.541. The molecule has 2 N–H and O–H groups in total. The van der Waals surface area contributed by atoms with Gasteiger partial charge in [-0.05, 0) is 11.6 Å². The molecular weight excluding hydrogens is 320 g/mol. The lowest BCUT2D eigenvalue weighted by Crippen LogP contribution is -2.24. The molecule has 0 bridgehead atoms. The maximum Gasteiger partial charge on any atom is 0.407 e. The van der Waals surface area contributed by atoms with Gasteiger partial charge in [0.1, 0.15) is 6.61 Å². The molecule has 0 fully saturated rings. The number of phenols is 1. The summed E-state index contributed by atoms with van der Waals surface area (Å²) in [4.78, 5) is 11.6. The van der Waals surface area contributed by atoms with E-state index in [0.29, 0.717) is 11.1 Å². The molecule has 6 heteroatoms. The van der Waals surface area contributed by atoms with E-state index in [1.807, 2.05) is 36.4 Å². The van der Waals surface area contributed by atoms with Gasteiger partial charge in [0.15, 0.2) is 11.5 Å². The highest BCUT2D eigenvalue weighted by molar-refractivity contribution is 5.68. The van der Waals surface area contributed by atoms with Crippen molar-refractivity contribution in [1.82, 2.24) is 5.32 Å². The normalized spacial score (nSPS) is 10.2. The lowest BCUT2D eigenvalue weighted by atomic mass is 10.1. The molecule has 2 rings (SSSR count). The van der Waals surface area contributed by atoms with Crippen LogP contribution in [-0.2, 0) is 11.3 Å². The van der Waals surface area contributed by atoms with Crippen molar-refractivity contribution in [1.29, 1.82) is 5.26 Å². The van der Waals surface area contributed by atoms with Crippen LogP contribution in [0.25, 0.3) is 6.08 Å². The summed E-state index contributed by atoms with van der Waals surface area (Å²) in [5.74, 6) is 0.151. The number of nitriles is 1. The Bertz CT molecular complexity index is 795. The topological polar surface area (TPSA) is 91.6 Å². The molecule has 6 nitrogen and oxygen atoms in total. The predicted molar refractivity (Wildman–Crippen MR) is 93.0 cm³/mol. The molecule has 2 aromatic carbocycles. The van der Waals surface area contributed by atoms with E-state index in [4.69, 9.17) is 14.7 Å². The maximum atomic E-state index is 11.6. The van der Waals surface area contributed by atoms with Gasteiger partial charge in [-0.15, -0.1) is 0 Å². The molecule has 0 saturated carbocycles. The Kier molecular flexibility index (Phi) is 6.43. The van der Waals surface area contributed by atoms with Crippen LogP contribution in [0.3, 0.4) is 0 Å². The molecule has 0 heterocycles. The van der Waals surface area contributed by atoms with E-state index >= 15 is 0 Å². The first-order valence-electron chi connectivity index (χ1n) is 7.56. The monoisotopic (exact) mass is 338 g/mol. The summed E-state index contributed by atoms with van der Waals surface area (Å²) >= 11 is 0. The minimum absolute atomic E-state index is 0.0654. The highest BCUT2D eigenvalue weighted by Gasteiger charge is 2.08. The van der Waals surface area contributed by atoms with Gasteiger partial charge in [-0.1, -0.05) is 42.5 Å². The lowest BCUT2D eigenvalue weighted by Gasteiger charge is -2.07. The van der Waals surface area contributed by atoms with Crippen molar-refractivity contribution in [2.45, 2.75) is 6.61 Å². The number of methoxy groups -OCH3 is 1. The zero-order valence-corrected chi connectivity index (χ0v) is 13.7. The van der Waals surface area contributed by atoms with E-state index in [1.165, 1.54) is 19.2 Å². The first kappa shape index (κ1) is 17.9. The summed E-state index contributed by atoms with van der Waals surface area (Å²) in [6, 6.07) is 14.3. The first-order chi connectivity index (χ1) is 12.1. The summed E-state index contributed by atoms with van der Waals surface area (Å²) in [5.41, 5.74) is 1.69. The standard InChI is InChI=1S/C19H18N2O4/c1-24-17-11-15(12-20)10-16(18(17)22)8-5-9-21-19(23)25-13-14-6-3-2-4-7-14/h2-8,10-11,22H,9,13H2,1H3,(H,21,23). The summed E-state index contributed by atoms with van der Waals surface area (Å²) < 4.78 is 10.1. The average Bonchev–Trinajstić information content (AvgIpc) is 2.65. The number of carbonyl (C=O) groups is 1. The third-order valence-corrected chi connectivity index (χ3v) is 3.33. The highest BCUT2D eigenvalue weighted by atomic mass is 16.5. The third-order valence-electron chi connectivity index (χ3n) is 3.33. The molecule has 0 aromatic heterocycles. The quantitative estimate of drug-likeness (QED) is 0.844. The van der Waals surface area contributed by atoms with Crippen molar-refractivity contribution in [3.8, 4) is 17.6 Å². The van der Waals surface area contributed by atoms with Crippen LogP contribution in [0.5, 0.6) is 11.5 Å². The van der Waals surface area contributed by atoms with Gasteiger partial charge in [0.2, 0.25) is 0 Å². The summed E-state index contributed by atoms with van der Waals surface area (Å²) in [6.07, 6.45) is 2.69. The van der Waals surface area contributed by atoms with Gasteiger partial charge < -0.3 is 19.9 Å². The number of benzene rings is 2. The third kappa shape index (κ3) is 5.29. The zero-order valence-electron chi connectivity index (χ0n) is 13.7. The molecule has 0 atom stereocenters. The largest absolute Gasteiger partial charge is 0.504 e. The number of phenolic OH excluding ortho intramolecular Hbond substituents is 1. The number of nitrogens with zero attached hydrogens (tertiary/aromatic N) is 1. The fourth-order valence-electron chi connectivity index (χ4n) is 2.08. The summed E-state index contributed by atoms with van der Waals surface area (Å²) in [5, 5.41) is 21.6. The summed E-state index contributed by atoms with van der Waals surface area (Å²) in [7, 11) is 1.41. The van der Waals surface area contributed by atoms with Gasteiger partial charge in [0.25, 0.3) is 0 Å². The van der Waals surface area contributed by atoms with Crippen LogP contribution in [-0.4, -0.2) is 24.9 Å². The first-order valence-corrected chi connectivity index (χ1v) is 7.56. The van der Waals surface area contributed by atoms with E-state index < -0.39 is 6.09 Å². The molecule has 1 amide bonds. The molecule has 0 radical (unpaired) electrons. The Morgan fingerprint density at radius 2 is 2.08 bits per heavy atom. The molecule has 0 aliphatic rings. The van der Waals surface area contributed by atoms with Crippen LogP contribution in [0.4, 0.5) is 4.79 Å². The SMILES string of the molecule is COc1cc(C#N)cc(C=CCNC(=O)OCc2ccccc2)c1O. The number of amides is 1. The Morgan fingerprint density at radius 1 is 1.32 bits per heavy atom. The molecule has 0 aliphatic heterocycles. The summed E-state index contributed by atoms with van der Waals surface area (Å²) in [6.45, 7) is 0.407. The number of rotatable bonds is 6. The second-order valence-electron chi connectivity index (χ2n) is 5.07. The second kappa shape index (κ2) is 8.99. The van der Waals surface area contributed by atoms with Gasteiger partial charge in [0.05, 0.1) is 18.7 Å². The number of ether oxygens (including phenoxy) is 2. The van der Waals surface area contributed by atoms with Crippen LogP contribution in [0.1, 0.15) is 16.7 Å². The second-order valence-corrected chi connectivity index (χ2v) is 5.07. The van der Waals surface area contributed by atoms with Crippen molar-refractivity contribution in [3.05, 3.63) is 65.2 Å². The molecule has 0 spiro atoms. The molecular formula is C19H18N2O4. The highest BCUT2D eigenvalue weighted by Crippen LogP contribution is 2.32.